The molecule has 0 saturated heterocycles. The largest absolute Gasteiger partial charge is 0.486 e. The number of nitrogens with two attached hydrogens (primary N) is 1. The first kappa shape index (κ1) is 12.4. The van der Waals surface area contributed by atoms with Crippen LogP contribution in [0.5, 0.6) is 5.75 Å². The van der Waals surface area contributed by atoms with Crippen LogP contribution in [0.3, 0.4) is 0 Å². The van der Waals surface area contributed by atoms with Gasteiger partial charge in [-0.3, -0.25) is 0 Å². The third kappa shape index (κ3) is 2.99. The molecule has 94 valence electrons. The van der Waals surface area contributed by atoms with Crippen LogP contribution < -0.4 is 10.5 Å². The fourth-order valence-corrected chi connectivity index (χ4v) is 2.10. The zero-order valence-corrected chi connectivity index (χ0v) is 10.3. The average molecular weight is 235 g/mol. The molecule has 2 atom stereocenters. The summed E-state index contributed by atoms with van der Waals surface area (Å²) in [5.74, 6) is 1.38. The topological polar surface area (TPSA) is 55.5 Å². The van der Waals surface area contributed by atoms with Gasteiger partial charge < -0.3 is 15.6 Å². The Balaban J connectivity index is 2.06. The number of hydrogen-bond acceptors (Lipinski definition) is 3. The van der Waals surface area contributed by atoms with Gasteiger partial charge in [-0.15, -0.1) is 0 Å². The number of aryl methyl sites for hydroxylation is 1. The van der Waals surface area contributed by atoms with E-state index < -0.39 is 0 Å². The second kappa shape index (κ2) is 5.52. The van der Waals surface area contributed by atoms with Crippen molar-refractivity contribution in [1.82, 2.24) is 0 Å². The summed E-state index contributed by atoms with van der Waals surface area (Å²) in [6, 6.07) is 7.89. The Kier molecular flexibility index (Phi) is 4.02. The molecular weight excluding hydrogens is 214 g/mol. The molecule has 1 saturated carbocycles. The van der Waals surface area contributed by atoms with Crippen LogP contribution in [0.4, 0.5) is 0 Å². The number of aliphatic hydroxyl groups excluding tert-OH is 1. The molecule has 0 radical (unpaired) electrons. The molecule has 2 rings (SSSR count). The summed E-state index contributed by atoms with van der Waals surface area (Å²) in [6.07, 6.45) is 2.97. The molecule has 3 nitrogen and oxygen atoms in total. The standard InChI is InChI=1S/C14H21NO2/c1-2-10-5-3-4-6-12(10)17-13(9-16)14(15)11-7-8-11/h3-6,11,13-14,16H,2,7-9,15H2,1H3. The number of aliphatic hydroxyl groups is 1. The van der Waals surface area contributed by atoms with Gasteiger partial charge in [-0.2, -0.15) is 0 Å². The lowest BCUT2D eigenvalue weighted by Gasteiger charge is -2.24. The van der Waals surface area contributed by atoms with Gasteiger partial charge in [0.1, 0.15) is 11.9 Å². The van der Waals surface area contributed by atoms with E-state index in [4.69, 9.17) is 10.5 Å². The first-order valence-corrected chi connectivity index (χ1v) is 6.37. The number of ether oxygens (including phenoxy) is 1. The molecule has 1 aromatic carbocycles. The van der Waals surface area contributed by atoms with Crippen molar-refractivity contribution in [2.45, 2.75) is 38.3 Å². The van der Waals surface area contributed by atoms with Crippen LogP contribution >= 0.6 is 0 Å². The van der Waals surface area contributed by atoms with Gasteiger partial charge >= 0.3 is 0 Å². The van der Waals surface area contributed by atoms with Crippen molar-refractivity contribution in [1.29, 1.82) is 0 Å². The SMILES string of the molecule is CCc1ccccc1OC(CO)C(N)C1CC1. The summed E-state index contributed by atoms with van der Waals surface area (Å²) in [4.78, 5) is 0. The molecule has 1 aliphatic carbocycles. The fourth-order valence-electron chi connectivity index (χ4n) is 2.10. The van der Waals surface area contributed by atoms with E-state index in [1.807, 2.05) is 24.3 Å². The van der Waals surface area contributed by atoms with E-state index in [0.29, 0.717) is 5.92 Å². The molecule has 1 fully saturated rings. The van der Waals surface area contributed by atoms with E-state index in [0.717, 1.165) is 30.6 Å². The van der Waals surface area contributed by atoms with Crippen molar-refractivity contribution in [3.05, 3.63) is 29.8 Å². The van der Waals surface area contributed by atoms with Gasteiger partial charge in [0.25, 0.3) is 0 Å². The van der Waals surface area contributed by atoms with Gasteiger partial charge in [0.05, 0.1) is 6.61 Å². The molecule has 2 unspecified atom stereocenters. The molecule has 0 amide bonds. The van der Waals surface area contributed by atoms with Crippen LogP contribution in [0.15, 0.2) is 24.3 Å². The highest BCUT2D eigenvalue weighted by atomic mass is 16.5. The molecule has 0 spiro atoms. The molecule has 1 aromatic rings. The van der Waals surface area contributed by atoms with Crippen LogP contribution in [0.25, 0.3) is 0 Å². The molecule has 3 heteroatoms. The Morgan fingerprint density at radius 2 is 2.12 bits per heavy atom. The van der Waals surface area contributed by atoms with Crippen molar-refractivity contribution in [3.8, 4) is 5.75 Å². The van der Waals surface area contributed by atoms with Crippen molar-refractivity contribution < 1.29 is 9.84 Å². The van der Waals surface area contributed by atoms with Crippen molar-refractivity contribution in [3.63, 3.8) is 0 Å². The highest BCUT2D eigenvalue weighted by Crippen LogP contribution is 2.34. The van der Waals surface area contributed by atoms with E-state index in [9.17, 15) is 5.11 Å². The maximum Gasteiger partial charge on any atom is 0.137 e. The van der Waals surface area contributed by atoms with Crippen LogP contribution in [0.2, 0.25) is 0 Å². The molecule has 17 heavy (non-hydrogen) atoms. The molecule has 0 heterocycles. The van der Waals surface area contributed by atoms with Gasteiger partial charge in [0.15, 0.2) is 0 Å². The molecule has 3 N–H and O–H groups in total. The first-order valence-electron chi connectivity index (χ1n) is 6.37. The van der Waals surface area contributed by atoms with Gasteiger partial charge in [-0.1, -0.05) is 25.1 Å². The highest BCUT2D eigenvalue weighted by Gasteiger charge is 2.35. The zero-order valence-electron chi connectivity index (χ0n) is 10.3. The van der Waals surface area contributed by atoms with Crippen molar-refractivity contribution in [2.75, 3.05) is 6.61 Å². The third-order valence-corrected chi connectivity index (χ3v) is 3.41. The zero-order chi connectivity index (χ0) is 12.3. The van der Waals surface area contributed by atoms with Crippen LogP contribution in [0.1, 0.15) is 25.3 Å². The Bertz CT molecular complexity index is 363. The lowest BCUT2D eigenvalue weighted by atomic mass is 10.1. The van der Waals surface area contributed by atoms with Crippen molar-refractivity contribution in [2.24, 2.45) is 11.7 Å². The van der Waals surface area contributed by atoms with Gasteiger partial charge in [0, 0.05) is 6.04 Å². The Labute approximate surface area is 103 Å². The number of benzene rings is 1. The van der Waals surface area contributed by atoms with E-state index in [2.05, 4.69) is 6.92 Å². The molecule has 1 aliphatic rings. The third-order valence-electron chi connectivity index (χ3n) is 3.41. The van der Waals surface area contributed by atoms with Gasteiger partial charge in [-0.25, -0.2) is 0 Å². The summed E-state index contributed by atoms with van der Waals surface area (Å²) in [7, 11) is 0. The summed E-state index contributed by atoms with van der Waals surface area (Å²) in [5, 5.41) is 9.39. The normalized spacial score (nSPS) is 18.8. The lowest BCUT2D eigenvalue weighted by molar-refractivity contribution is 0.0874. The second-order valence-corrected chi connectivity index (χ2v) is 4.71. The Morgan fingerprint density at radius 3 is 2.71 bits per heavy atom. The summed E-state index contributed by atoms with van der Waals surface area (Å²) in [5.41, 5.74) is 7.25. The number of hydrogen-bond donors (Lipinski definition) is 2. The maximum atomic E-state index is 9.39. The summed E-state index contributed by atoms with van der Waals surface area (Å²) >= 11 is 0. The highest BCUT2D eigenvalue weighted by molar-refractivity contribution is 5.33. The monoisotopic (exact) mass is 235 g/mol. The van der Waals surface area contributed by atoms with Gasteiger partial charge in [0.2, 0.25) is 0 Å². The average Bonchev–Trinajstić information content (AvgIpc) is 3.19. The van der Waals surface area contributed by atoms with E-state index >= 15 is 0 Å². The molecule has 0 aromatic heterocycles. The lowest BCUT2D eigenvalue weighted by Crippen LogP contribution is -2.43. The summed E-state index contributed by atoms with van der Waals surface area (Å²) in [6.45, 7) is 2.08. The van der Waals surface area contributed by atoms with Crippen LogP contribution in [-0.2, 0) is 6.42 Å². The maximum absolute atomic E-state index is 9.39. The van der Waals surface area contributed by atoms with E-state index in [-0.39, 0.29) is 18.8 Å². The Hall–Kier alpha value is -1.06. The number of rotatable bonds is 6. The second-order valence-electron chi connectivity index (χ2n) is 4.71. The molecular formula is C14H21NO2. The first-order chi connectivity index (χ1) is 8.26. The van der Waals surface area contributed by atoms with E-state index in [1.165, 1.54) is 0 Å². The quantitative estimate of drug-likeness (QED) is 0.789. The Morgan fingerprint density at radius 1 is 1.41 bits per heavy atom. The number of para-hydroxylation sites is 1. The predicted octanol–water partition coefficient (Wildman–Crippen LogP) is 1.73. The minimum Gasteiger partial charge on any atom is -0.486 e. The van der Waals surface area contributed by atoms with Crippen LogP contribution in [0, 0.1) is 5.92 Å². The smallest absolute Gasteiger partial charge is 0.137 e. The van der Waals surface area contributed by atoms with E-state index in [1.54, 1.807) is 0 Å². The predicted molar refractivity (Wildman–Crippen MR) is 68.0 cm³/mol. The van der Waals surface area contributed by atoms with Gasteiger partial charge in [-0.05, 0) is 36.8 Å². The van der Waals surface area contributed by atoms with Crippen LogP contribution in [-0.4, -0.2) is 23.9 Å². The minimum absolute atomic E-state index is 0.0181. The fraction of sp³-hybridized carbons (Fsp3) is 0.571. The molecule has 0 aliphatic heterocycles. The molecule has 0 bridgehead atoms. The van der Waals surface area contributed by atoms with Crippen molar-refractivity contribution >= 4 is 0 Å². The minimum atomic E-state index is -0.282. The summed E-state index contributed by atoms with van der Waals surface area (Å²) < 4.78 is 5.87.